The third-order valence-corrected chi connectivity index (χ3v) is 4.61. The van der Waals surface area contributed by atoms with Gasteiger partial charge in [-0.1, -0.05) is 6.07 Å². The van der Waals surface area contributed by atoms with E-state index in [0.717, 1.165) is 12.8 Å². The van der Waals surface area contributed by atoms with Crippen LogP contribution in [0.4, 0.5) is 5.69 Å². The number of nitrogens with two attached hydrogens (primary N) is 1. The molecule has 0 aliphatic heterocycles. The van der Waals surface area contributed by atoms with Gasteiger partial charge in [0, 0.05) is 17.8 Å². The van der Waals surface area contributed by atoms with Gasteiger partial charge in [0.1, 0.15) is 12.4 Å². The number of hydrogen-bond acceptors (Lipinski definition) is 4. The molecule has 0 aromatic heterocycles. The van der Waals surface area contributed by atoms with Crippen molar-refractivity contribution in [2.24, 2.45) is 5.92 Å². The summed E-state index contributed by atoms with van der Waals surface area (Å²) in [6.07, 6.45) is 2.23. The van der Waals surface area contributed by atoms with Gasteiger partial charge in [-0.15, -0.1) is 0 Å². The fourth-order valence-corrected chi connectivity index (χ4v) is 3.09. The van der Waals surface area contributed by atoms with Crippen LogP contribution in [0.5, 0.6) is 5.75 Å². The molecule has 1 aromatic rings. The predicted molar refractivity (Wildman–Crippen MR) is 75.5 cm³/mol. The van der Waals surface area contributed by atoms with Crippen LogP contribution in [0.15, 0.2) is 24.3 Å². The lowest BCUT2D eigenvalue weighted by atomic mass is 10.2. The normalized spacial score (nSPS) is 17.1. The second-order valence-corrected chi connectivity index (χ2v) is 6.86. The van der Waals surface area contributed by atoms with Gasteiger partial charge in [0.05, 0.1) is 5.75 Å². The molecule has 0 spiro atoms. The third-order valence-electron chi connectivity index (χ3n) is 3.17. The smallest absolute Gasteiger partial charge is 0.215 e. The van der Waals surface area contributed by atoms with Crippen LogP contribution in [0, 0.1) is 5.92 Å². The van der Waals surface area contributed by atoms with Gasteiger partial charge in [-0.3, -0.25) is 0 Å². The van der Waals surface area contributed by atoms with Gasteiger partial charge in [-0.05, 0) is 37.8 Å². The van der Waals surface area contributed by atoms with Crippen molar-refractivity contribution in [3.05, 3.63) is 24.3 Å². The highest BCUT2D eigenvalue weighted by atomic mass is 32.2. The van der Waals surface area contributed by atoms with Gasteiger partial charge in [-0.25, -0.2) is 13.1 Å². The van der Waals surface area contributed by atoms with E-state index in [1.807, 2.05) is 6.92 Å². The summed E-state index contributed by atoms with van der Waals surface area (Å²) in [6.45, 7) is 2.03. The summed E-state index contributed by atoms with van der Waals surface area (Å²) in [6, 6.07) is 6.97. The highest BCUT2D eigenvalue weighted by molar-refractivity contribution is 7.89. The maximum Gasteiger partial charge on any atom is 0.215 e. The van der Waals surface area contributed by atoms with E-state index in [2.05, 4.69) is 4.72 Å². The Morgan fingerprint density at radius 1 is 1.47 bits per heavy atom. The molecule has 1 unspecified atom stereocenters. The molecule has 1 aliphatic rings. The highest BCUT2D eigenvalue weighted by Gasteiger charge is 2.30. The Kier molecular flexibility index (Phi) is 4.31. The number of rotatable bonds is 7. The fourth-order valence-electron chi connectivity index (χ4n) is 1.91. The van der Waals surface area contributed by atoms with Crippen LogP contribution in [0.3, 0.4) is 0 Å². The average molecular weight is 284 g/mol. The van der Waals surface area contributed by atoms with Crippen LogP contribution in [-0.2, 0) is 10.0 Å². The first-order valence-electron chi connectivity index (χ1n) is 6.44. The van der Waals surface area contributed by atoms with Crippen molar-refractivity contribution < 1.29 is 13.2 Å². The lowest BCUT2D eigenvalue weighted by Gasteiger charge is -2.13. The number of nitrogens with one attached hydrogen (secondary N) is 1. The lowest BCUT2D eigenvalue weighted by Crippen LogP contribution is -2.37. The molecule has 1 aliphatic carbocycles. The maximum atomic E-state index is 11.8. The summed E-state index contributed by atoms with van der Waals surface area (Å²) in [5, 5.41) is 0. The first-order valence-corrected chi connectivity index (χ1v) is 8.10. The van der Waals surface area contributed by atoms with Crippen molar-refractivity contribution in [3.8, 4) is 5.75 Å². The molecule has 1 atom stereocenters. The molecule has 6 heteroatoms. The number of sulfonamides is 1. The van der Waals surface area contributed by atoms with Gasteiger partial charge in [0.15, 0.2) is 0 Å². The Morgan fingerprint density at radius 2 is 2.21 bits per heavy atom. The second-order valence-electron chi connectivity index (χ2n) is 4.98. The number of hydrogen-bond donors (Lipinski definition) is 2. The largest absolute Gasteiger partial charge is 0.492 e. The molecule has 5 nitrogen and oxygen atoms in total. The summed E-state index contributed by atoms with van der Waals surface area (Å²) in [4.78, 5) is 0. The molecule has 1 aromatic carbocycles. The maximum absolute atomic E-state index is 11.8. The van der Waals surface area contributed by atoms with E-state index in [0.29, 0.717) is 17.4 Å². The number of benzene rings is 1. The van der Waals surface area contributed by atoms with E-state index in [1.54, 1.807) is 24.3 Å². The summed E-state index contributed by atoms with van der Waals surface area (Å²) in [5.74, 6) is 1.05. The summed E-state index contributed by atoms with van der Waals surface area (Å²) in [5.41, 5.74) is 6.21. The van der Waals surface area contributed by atoms with Crippen molar-refractivity contribution in [1.29, 1.82) is 0 Å². The van der Waals surface area contributed by atoms with E-state index < -0.39 is 10.0 Å². The minimum atomic E-state index is -3.27. The molecule has 1 fully saturated rings. The van der Waals surface area contributed by atoms with E-state index in [1.165, 1.54) is 0 Å². The van der Waals surface area contributed by atoms with E-state index >= 15 is 0 Å². The molecule has 0 amide bonds. The van der Waals surface area contributed by atoms with Crippen molar-refractivity contribution in [1.82, 2.24) is 4.72 Å². The van der Waals surface area contributed by atoms with Gasteiger partial charge in [0.25, 0.3) is 0 Å². The summed E-state index contributed by atoms with van der Waals surface area (Å²) < 4.78 is 31.7. The monoisotopic (exact) mass is 284 g/mol. The Bertz CT molecular complexity index is 526. The minimum absolute atomic E-state index is 0.0253. The van der Waals surface area contributed by atoms with Crippen LogP contribution < -0.4 is 15.2 Å². The summed E-state index contributed by atoms with van der Waals surface area (Å²) in [7, 11) is -3.27. The third kappa shape index (κ3) is 4.72. The first kappa shape index (κ1) is 14.1. The quantitative estimate of drug-likeness (QED) is 0.741. The van der Waals surface area contributed by atoms with E-state index in [-0.39, 0.29) is 18.4 Å². The zero-order valence-electron chi connectivity index (χ0n) is 11.0. The molecule has 0 bridgehead atoms. The Balaban J connectivity index is 1.77. The summed E-state index contributed by atoms with van der Waals surface area (Å²) >= 11 is 0. The van der Waals surface area contributed by atoms with Crippen LogP contribution >= 0.6 is 0 Å². The van der Waals surface area contributed by atoms with Crippen molar-refractivity contribution in [2.75, 3.05) is 18.1 Å². The SMILES string of the molecule is CC(NS(=O)(=O)CCOc1cccc(N)c1)C1CC1. The molecule has 0 saturated heterocycles. The van der Waals surface area contributed by atoms with Gasteiger partial charge in [-0.2, -0.15) is 0 Å². The number of ether oxygens (including phenoxy) is 1. The average Bonchev–Trinajstić information content (AvgIpc) is 3.11. The van der Waals surface area contributed by atoms with Gasteiger partial charge in [0.2, 0.25) is 10.0 Å². The van der Waals surface area contributed by atoms with Gasteiger partial charge < -0.3 is 10.5 Å². The Labute approximate surface area is 114 Å². The highest BCUT2D eigenvalue weighted by Crippen LogP contribution is 2.32. The topological polar surface area (TPSA) is 81.4 Å². The number of nitrogen functional groups attached to an aromatic ring is 1. The van der Waals surface area contributed by atoms with Crippen molar-refractivity contribution in [3.63, 3.8) is 0 Å². The minimum Gasteiger partial charge on any atom is -0.492 e. The number of anilines is 1. The standard InChI is InChI=1S/C13H20N2O3S/c1-10(11-5-6-11)15-19(16,17)8-7-18-13-4-2-3-12(14)9-13/h2-4,9-11,15H,5-8,14H2,1H3. The molecule has 3 N–H and O–H groups in total. The molecule has 2 rings (SSSR count). The van der Waals surface area contributed by atoms with E-state index in [4.69, 9.17) is 10.5 Å². The Hall–Kier alpha value is -1.27. The lowest BCUT2D eigenvalue weighted by molar-refractivity contribution is 0.340. The molecular formula is C13H20N2O3S. The molecule has 0 radical (unpaired) electrons. The van der Waals surface area contributed by atoms with Crippen LogP contribution in [0.25, 0.3) is 0 Å². The van der Waals surface area contributed by atoms with Crippen molar-refractivity contribution >= 4 is 15.7 Å². The van der Waals surface area contributed by atoms with Crippen LogP contribution in [0.2, 0.25) is 0 Å². The molecule has 106 valence electrons. The second kappa shape index (κ2) is 5.79. The molecule has 19 heavy (non-hydrogen) atoms. The molecule has 0 heterocycles. The molecular weight excluding hydrogens is 264 g/mol. The molecule has 1 saturated carbocycles. The van der Waals surface area contributed by atoms with E-state index in [9.17, 15) is 8.42 Å². The van der Waals surface area contributed by atoms with Crippen LogP contribution in [-0.4, -0.2) is 26.8 Å². The zero-order chi connectivity index (χ0) is 13.9. The fraction of sp³-hybridized carbons (Fsp3) is 0.538. The van der Waals surface area contributed by atoms with Crippen LogP contribution in [0.1, 0.15) is 19.8 Å². The van der Waals surface area contributed by atoms with Crippen molar-refractivity contribution in [2.45, 2.75) is 25.8 Å². The first-order chi connectivity index (χ1) is 8.96. The van der Waals surface area contributed by atoms with Gasteiger partial charge >= 0.3 is 0 Å². The zero-order valence-corrected chi connectivity index (χ0v) is 11.8. The predicted octanol–water partition coefficient (Wildman–Crippen LogP) is 1.37. The Morgan fingerprint density at radius 3 is 2.84 bits per heavy atom.